The molecule has 3 aromatic rings. The summed E-state index contributed by atoms with van der Waals surface area (Å²) in [4.78, 5) is 14.2. The summed E-state index contributed by atoms with van der Waals surface area (Å²) in [5.74, 6) is 0.134. The third-order valence-electron chi connectivity index (χ3n) is 4.39. The molecule has 0 aliphatic carbocycles. The Kier molecular flexibility index (Phi) is 6.57. The summed E-state index contributed by atoms with van der Waals surface area (Å²) in [6, 6.07) is 15.8. The third-order valence-corrected chi connectivity index (χ3v) is 4.39. The van der Waals surface area contributed by atoms with Crippen LogP contribution in [0.2, 0.25) is 0 Å². The summed E-state index contributed by atoms with van der Waals surface area (Å²) in [6.45, 7) is 2.57. The molecule has 0 radical (unpaired) electrons. The maximum Gasteiger partial charge on any atom is 0.244 e. The highest BCUT2D eigenvalue weighted by Crippen LogP contribution is 2.23. The number of hydrogen-bond donors (Lipinski definition) is 1. The maximum absolute atomic E-state index is 13.6. The van der Waals surface area contributed by atoms with E-state index in [2.05, 4.69) is 10.5 Å². The summed E-state index contributed by atoms with van der Waals surface area (Å²) < 4.78 is 19.0. The first-order chi connectivity index (χ1) is 13.9. The van der Waals surface area contributed by atoms with Gasteiger partial charge in [0, 0.05) is 23.3 Å². The zero-order valence-electron chi connectivity index (χ0n) is 16.7. The van der Waals surface area contributed by atoms with Gasteiger partial charge >= 0.3 is 0 Å². The van der Waals surface area contributed by atoms with E-state index >= 15 is 0 Å². The Morgan fingerprint density at radius 2 is 2.00 bits per heavy atom. The van der Waals surface area contributed by atoms with Crippen molar-refractivity contribution in [2.75, 3.05) is 14.1 Å². The molecule has 5 nitrogen and oxygen atoms in total. The smallest absolute Gasteiger partial charge is 0.244 e. The van der Waals surface area contributed by atoms with Crippen molar-refractivity contribution < 1.29 is 13.7 Å². The first-order valence-corrected chi connectivity index (χ1v) is 9.36. The summed E-state index contributed by atoms with van der Waals surface area (Å²) in [6.07, 6.45) is 2.80. The number of hydrogen-bond acceptors (Lipinski definition) is 4. The minimum atomic E-state index is -0.362. The van der Waals surface area contributed by atoms with Crippen molar-refractivity contribution in [1.82, 2.24) is 15.4 Å². The van der Waals surface area contributed by atoms with Crippen molar-refractivity contribution in [1.29, 1.82) is 0 Å². The lowest BCUT2D eigenvalue weighted by Gasteiger charge is -2.13. The minimum absolute atomic E-state index is 0.221. The Morgan fingerprint density at radius 3 is 2.76 bits per heavy atom. The van der Waals surface area contributed by atoms with Crippen molar-refractivity contribution in [3.63, 3.8) is 0 Å². The highest BCUT2D eigenvalue weighted by atomic mass is 19.1. The highest BCUT2D eigenvalue weighted by Gasteiger charge is 2.12. The molecule has 0 unspecified atom stereocenters. The van der Waals surface area contributed by atoms with Gasteiger partial charge in [0.2, 0.25) is 5.91 Å². The van der Waals surface area contributed by atoms with Crippen LogP contribution in [0, 0.1) is 5.82 Å². The van der Waals surface area contributed by atoms with Gasteiger partial charge in [-0.1, -0.05) is 41.6 Å². The normalized spacial score (nSPS) is 12.4. The van der Waals surface area contributed by atoms with E-state index in [4.69, 9.17) is 4.52 Å². The van der Waals surface area contributed by atoms with Crippen LogP contribution in [0.4, 0.5) is 4.39 Å². The zero-order chi connectivity index (χ0) is 20.8. The lowest BCUT2D eigenvalue weighted by molar-refractivity contribution is -0.117. The summed E-state index contributed by atoms with van der Waals surface area (Å²) in [5.41, 5.74) is 2.98. The standard InChI is InChI=1S/C23H24FN3O2/c1-16(25-23(28)12-11-17-7-4-5-10-21(17)24)18-8-6-9-19(13-18)22-14-20(29-26-22)15-27(2)3/h4-14,16H,15H2,1-3H3,(H,25,28)/t16-/m0/s1. The summed E-state index contributed by atoms with van der Waals surface area (Å²) in [5, 5.41) is 7.03. The third kappa shape index (κ3) is 5.62. The zero-order valence-corrected chi connectivity index (χ0v) is 16.7. The Hall–Kier alpha value is -3.25. The Labute approximate surface area is 169 Å². The Balaban J connectivity index is 1.67. The molecule has 1 amide bonds. The molecule has 0 saturated carbocycles. The predicted molar refractivity (Wildman–Crippen MR) is 111 cm³/mol. The topological polar surface area (TPSA) is 58.4 Å². The fourth-order valence-electron chi connectivity index (χ4n) is 2.92. The molecule has 0 spiro atoms. The van der Waals surface area contributed by atoms with E-state index in [1.54, 1.807) is 18.2 Å². The van der Waals surface area contributed by atoms with E-state index in [-0.39, 0.29) is 17.8 Å². The van der Waals surface area contributed by atoms with Gasteiger partial charge in [-0.3, -0.25) is 4.79 Å². The van der Waals surface area contributed by atoms with Gasteiger partial charge in [-0.05, 0) is 44.8 Å². The lowest BCUT2D eigenvalue weighted by Crippen LogP contribution is -2.24. The van der Waals surface area contributed by atoms with Gasteiger partial charge < -0.3 is 14.7 Å². The van der Waals surface area contributed by atoms with Gasteiger partial charge in [-0.15, -0.1) is 0 Å². The lowest BCUT2D eigenvalue weighted by atomic mass is 10.0. The molecular formula is C23H24FN3O2. The van der Waals surface area contributed by atoms with Crippen LogP contribution in [0.25, 0.3) is 17.3 Å². The van der Waals surface area contributed by atoms with E-state index in [1.807, 2.05) is 56.3 Å². The number of carbonyl (C=O) groups is 1. The number of nitrogens with one attached hydrogen (secondary N) is 1. The molecule has 150 valence electrons. The minimum Gasteiger partial charge on any atom is -0.359 e. The number of nitrogens with zero attached hydrogens (tertiary/aromatic N) is 2. The second kappa shape index (κ2) is 9.30. The quantitative estimate of drug-likeness (QED) is 0.603. The number of rotatable bonds is 7. The summed E-state index contributed by atoms with van der Waals surface area (Å²) >= 11 is 0. The predicted octanol–water partition coefficient (Wildman–Crippen LogP) is 4.43. The second-order valence-corrected chi connectivity index (χ2v) is 7.13. The van der Waals surface area contributed by atoms with Gasteiger partial charge in [-0.25, -0.2) is 4.39 Å². The summed E-state index contributed by atoms with van der Waals surface area (Å²) in [7, 11) is 3.93. The van der Waals surface area contributed by atoms with Gasteiger partial charge in [0.05, 0.1) is 12.6 Å². The van der Waals surface area contributed by atoms with Crippen molar-refractivity contribution >= 4 is 12.0 Å². The average Bonchev–Trinajstić information content (AvgIpc) is 3.15. The van der Waals surface area contributed by atoms with Crippen molar-refractivity contribution in [2.45, 2.75) is 19.5 Å². The Bertz CT molecular complexity index is 1010. The fraction of sp³-hybridized carbons (Fsp3) is 0.217. The highest BCUT2D eigenvalue weighted by molar-refractivity contribution is 5.92. The first kappa shape index (κ1) is 20.5. The SMILES string of the molecule is C[C@H](NC(=O)C=Cc1ccccc1F)c1cccc(-c2cc(CN(C)C)on2)c1. The van der Waals surface area contributed by atoms with E-state index in [1.165, 1.54) is 18.2 Å². The monoisotopic (exact) mass is 393 g/mol. The van der Waals surface area contributed by atoms with Crippen LogP contribution < -0.4 is 5.32 Å². The molecule has 0 fully saturated rings. The van der Waals surface area contributed by atoms with Crippen LogP contribution in [0.5, 0.6) is 0 Å². The van der Waals surface area contributed by atoms with Gasteiger partial charge in [0.15, 0.2) is 5.76 Å². The van der Waals surface area contributed by atoms with Crippen LogP contribution in [0.3, 0.4) is 0 Å². The molecule has 0 aliphatic rings. The number of carbonyl (C=O) groups excluding carboxylic acids is 1. The molecule has 2 aromatic carbocycles. The van der Waals surface area contributed by atoms with Crippen molar-refractivity contribution in [3.05, 3.63) is 83.4 Å². The van der Waals surface area contributed by atoms with Crippen LogP contribution >= 0.6 is 0 Å². The molecule has 6 heteroatoms. The molecule has 0 aliphatic heterocycles. The molecule has 1 heterocycles. The molecule has 1 atom stereocenters. The van der Waals surface area contributed by atoms with Crippen LogP contribution in [0.1, 0.15) is 29.9 Å². The number of benzene rings is 2. The van der Waals surface area contributed by atoms with Gasteiger partial charge in [-0.2, -0.15) is 0 Å². The molecule has 1 aromatic heterocycles. The van der Waals surface area contributed by atoms with Crippen molar-refractivity contribution in [2.24, 2.45) is 0 Å². The number of aromatic nitrogens is 1. The molecule has 29 heavy (non-hydrogen) atoms. The molecule has 3 rings (SSSR count). The van der Waals surface area contributed by atoms with Crippen LogP contribution in [-0.4, -0.2) is 30.1 Å². The number of halogens is 1. The molecular weight excluding hydrogens is 369 g/mol. The van der Waals surface area contributed by atoms with Crippen molar-refractivity contribution in [3.8, 4) is 11.3 Å². The van der Waals surface area contributed by atoms with E-state index in [0.29, 0.717) is 12.1 Å². The second-order valence-electron chi connectivity index (χ2n) is 7.13. The van der Waals surface area contributed by atoms with Gasteiger partial charge in [0.25, 0.3) is 0 Å². The molecule has 0 bridgehead atoms. The van der Waals surface area contributed by atoms with Gasteiger partial charge in [0.1, 0.15) is 11.5 Å². The fourth-order valence-corrected chi connectivity index (χ4v) is 2.92. The van der Waals surface area contributed by atoms with E-state index < -0.39 is 0 Å². The van der Waals surface area contributed by atoms with Crippen LogP contribution in [-0.2, 0) is 11.3 Å². The molecule has 0 saturated heterocycles. The number of amides is 1. The van der Waals surface area contributed by atoms with E-state index in [9.17, 15) is 9.18 Å². The van der Waals surface area contributed by atoms with E-state index in [0.717, 1.165) is 22.6 Å². The first-order valence-electron chi connectivity index (χ1n) is 9.36. The molecule has 1 N–H and O–H groups in total. The Morgan fingerprint density at radius 1 is 1.21 bits per heavy atom. The van der Waals surface area contributed by atoms with Crippen LogP contribution in [0.15, 0.2) is 65.2 Å². The maximum atomic E-state index is 13.6. The average molecular weight is 393 g/mol. The largest absolute Gasteiger partial charge is 0.359 e.